The smallest absolute Gasteiger partial charge is 0.326 e. The highest BCUT2D eigenvalue weighted by atomic mass is 32.2. The average molecular weight is 250 g/mol. The number of aliphatic carboxylic acids is 1. The van der Waals surface area contributed by atoms with Crippen LogP contribution in [0, 0.1) is 0 Å². The van der Waals surface area contributed by atoms with Crippen LogP contribution >= 0.6 is 0 Å². The van der Waals surface area contributed by atoms with Gasteiger partial charge in [-0.2, -0.15) is 0 Å². The average Bonchev–Trinajstić information content (AvgIpc) is 2.21. The van der Waals surface area contributed by atoms with Crippen molar-refractivity contribution < 1.29 is 18.9 Å². The van der Waals surface area contributed by atoms with Crippen molar-refractivity contribution in [1.82, 2.24) is 10.6 Å². The fraction of sp³-hybridized carbons (Fsp3) is 0.778. The van der Waals surface area contributed by atoms with Gasteiger partial charge in [0.15, 0.2) is 0 Å². The molecule has 0 bridgehead atoms. The monoisotopic (exact) mass is 250 g/mol. The maximum absolute atomic E-state index is 11.3. The van der Waals surface area contributed by atoms with Crippen molar-refractivity contribution in [3.8, 4) is 0 Å². The van der Waals surface area contributed by atoms with Gasteiger partial charge < -0.3 is 15.7 Å². The number of carbonyl (C=O) groups excluding carboxylic acids is 1. The standard InChI is InChI=1S/C9H18N2O4S/c1-4-7(8(12)13)11-9(14)10-5-6(2)16(3)15/h6-7H,4-5H2,1-3H3,(H,12,13)(H2,10,11,14). The first-order valence-electron chi connectivity index (χ1n) is 4.97. The Bertz CT molecular complexity index is 283. The molecule has 0 spiro atoms. The summed E-state index contributed by atoms with van der Waals surface area (Å²) < 4.78 is 11.0. The van der Waals surface area contributed by atoms with Crippen LogP contribution in [0.1, 0.15) is 20.3 Å². The zero-order chi connectivity index (χ0) is 12.7. The molecule has 3 unspecified atom stereocenters. The molecule has 3 atom stereocenters. The topological polar surface area (TPSA) is 95.5 Å². The quantitative estimate of drug-likeness (QED) is 0.614. The van der Waals surface area contributed by atoms with Gasteiger partial charge in [0.05, 0.1) is 0 Å². The summed E-state index contributed by atoms with van der Waals surface area (Å²) in [5, 5.41) is 13.3. The third kappa shape index (κ3) is 5.69. The molecule has 3 N–H and O–H groups in total. The number of rotatable bonds is 6. The molecule has 0 radical (unpaired) electrons. The molecular formula is C9H18N2O4S. The van der Waals surface area contributed by atoms with Crippen molar-refractivity contribution in [2.75, 3.05) is 12.8 Å². The zero-order valence-corrected chi connectivity index (χ0v) is 10.5. The Labute approximate surface area is 97.3 Å². The summed E-state index contributed by atoms with van der Waals surface area (Å²) in [6.45, 7) is 3.67. The molecule has 94 valence electrons. The third-order valence-corrected chi connectivity index (χ3v) is 3.43. The molecule has 0 aromatic rings. The summed E-state index contributed by atoms with van der Waals surface area (Å²) in [6, 6.07) is -1.44. The van der Waals surface area contributed by atoms with Gasteiger partial charge in [0.25, 0.3) is 0 Å². The predicted molar refractivity (Wildman–Crippen MR) is 61.8 cm³/mol. The molecule has 16 heavy (non-hydrogen) atoms. The Morgan fingerprint density at radius 3 is 2.38 bits per heavy atom. The number of carbonyl (C=O) groups is 2. The lowest BCUT2D eigenvalue weighted by Crippen LogP contribution is -2.47. The van der Waals surface area contributed by atoms with E-state index in [0.29, 0.717) is 6.42 Å². The molecule has 0 aromatic heterocycles. The first kappa shape index (κ1) is 14.9. The summed E-state index contributed by atoms with van der Waals surface area (Å²) in [7, 11) is -1.01. The summed E-state index contributed by atoms with van der Waals surface area (Å²) in [5.41, 5.74) is 0. The van der Waals surface area contributed by atoms with Gasteiger partial charge >= 0.3 is 12.0 Å². The molecule has 0 saturated carbocycles. The van der Waals surface area contributed by atoms with Gasteiger partial charge in [0, 0.05) is 28.9 Å². The lowest BCUT2D eigenvalue weighted by atomic mass is 10.2. The summed E-state index contributed by atoms with van der Waals surface area (Å²) in [6.07, 6.45) is 1.87. The Hall–Kier alpha value is -1.11. The van der Waals surface area contributed by atoms with E-state index in [9.17, 15) is 13.8 Å². The van der Waals surface area contributed by atoms with E-state index in [2.05, 4.69) is 10.6 Å². The molecule has 0 rings (SSSR count). The largest absolute Gasteiger partial charge is 0.480 e. The Balaban J connectivity index is 3.99. The third-order valence-electron chi connectivity index (χ3n) is 2.13. The van der Waals surface area contributed by atoms with Gasteiger partial charge in [-0.05, 0) is 13.3 Å². The van der Waals surface area contributed by atoms with E-state index in [1.807, 2.05) is 0 Å². The van der Waals surface area contributed by atoms with E-state index in [1.54, 1.807) is 20.1 Å². The van der Waals surface area contributed by atoms with Crippen LogP contribution in [0.25, 0.3) is 0 Å². The first-order chi connectivity index (χ1) is 7.38. The molecule has 0 heterocycles. The minimum atomic E-state index is -1.07. The van der Waals surface area contributed by atoms with Crippen LogP contribution in [0.3, 0.4) is 0 Å². The molecule has 6 nitrogen and oxygen atoms in total. The highest BCUT2D eigenvalue weighted by molar-refractivity contribution is 7.84. The number of nitrogens with one attached hydrogen (secondary N) is 2. The number of carboxylic acid groups (broad SMARTS) is 1. The van der Waals surface area contributed by atoms with E-state index in [1.165, 1.54) is 0 Å². The van der Waals surface area contributed by atoms with Crippen LogP contribution in [0.5, 0.6) is 0 Å². The number of hydrogen-bond acceptors (Lipinski definition) is 3. The van der Waals surface area contributed by atoms with E-state index < -0.39 is 28.8 Å². The van der Waals surface area contributed by atoms with Gasteiger partial charge in [-0.1, -0.05) is 6.92 Å². The van der Waals surface area contributed by atoms with Crippen LogP contribution < -0.4 is 10.6 Å². The molecule has 0 fully saturated rings. The van der Waals surface area contributed by atoms with Crippen molar-refractivity contribution in [3.05, 3.63) is 0 Å². The molecule has 0 aliphatic carbocycles. The maximum Gasteiger partial charge on any atom is 0.326 e. The molecule has 7 heteroatoms. The van der Waals surface area contributed by atoms with Crippen molar-refractivity contribution in [1.29, 1.82) is 0 Å². The van der Waals surface area contributed by atoms with E-state index in [0.717, 1.165) is 0 Å². The fourth-order valence-corrected chi connectivity index (χ4v) is 1.22. The van der Waals surface area contributed by atoms with Gasteiger partial charge in [0.2, 0.25) is 0 Å². The van der Waals surface area contributed by atoms with Crippen molar-refractivity contribution >= 4 is 22.8 Å². The molecule has 0 aromatic carbocycles. The molecule has 0 saturated heterocycles. The summed E-state index contributed by atoms with van der Waals surface area (Å²) in [5.74, 6) is -1.07. The predicted octanol–water partition coefficient (Wildman–Crippen LogP) is -0.0842. The van der Waals surface area contributed by atoms with Crippen LogP contribution in [0.15, 0.2) is 0 Å². The highest BCUT2D eigenvalue weighted by Gasteiger charge is 2.17. The lowest BCUT2D eigenvalue weighted by molar-refractivity contribution is -0.139. The van der Waals surface area contributed by atoms with E-state index in [-0.39, 0.29) is 11.8 Å². The second-order valence-electron chi connectivity index (χ2n) is 3.46. The van der Waals surface area contributed by atoms with E-state index >= 15 is 0 Å². The number of amides is 2. The zero-order valence-electron chi connectivity index (χ0n) is 9.65. The Morgan fingerprint density at radius 2 is 2.00 bits per heavy atom. The normalized spacial score (nSPS) is 15.9. The second kappa shape index (κ2) is 7.21. The van der Waals surface area contributed by atoms with Crippen LogP contribution in [-0.2, 0) is 15.6 Å². The minimum Gasteiger partial charge on any atom is -0.480 e. The van der Waals surface area contributed by atoms with Gasteiger partial charge in [-0.25, -0.2) is 9.59 Å². The molecule has 0 aliphatic heterocycles. The number of hydrogen-bond donors (Lipinski definition) is 3. The van der Waals surface area contributed by atoms with E-state index in [4.69, 9.17) is 5.11 Å². The second-order valence-corrected chi connectivity index (χ2v) is 5.26. The van der Waals surface area contributed by atoms with Crippen LogP contribution in [0.4, 0.5) is 4.79 Å². The highest BCUT2D eigenvalue weighted by Crippen LogP contribution is 1.92. The molecular weight excluding hydrogens is 232 g/mol. The fourth-order valence-electron chi connectivity index (χ4n) is 0.901. The Kier molecular flexibility index (Phi) is 6.71. The number of urea groups is 1. The van der Waals surface area contributed by atoms with Crippen molar-refractivity contribution in [2.45, 2.75) is 31.6 Å². The summed E-state index contributed by atoms with van der Waals surface area (Å²) in [4.78, 5) is 21.9. The van der Waals surface area contributed by atoms with Crippen molar-refractivity contribution in [3.63, 3.8) is 0 Å². The van der Waals surface area contributed by atoms with Gasteiger partial charge in [-0.3, -0.25) is 4.21 Å². The molecule has 2 amide bonds. The maximum atomic E-state index is 11.3. The SMILES string of the molecule is CCC(NC(=O)NCC(C)S(C)=O)C(=O)O. The van der Waals surface area contributed by atoms with Gasteiger partial charge in [-0.15, -0.1) is 0 Å². The molecule has 0 aliphatic rings. The Morgan fingerprint density at radius 1 is 1.44 bits per heavy atom. The minimum absolute atomic E-state index is 0.157. The van der Waals surface area contributed by atoms with Crippen molar-refractivity contribution in [2.24, 2.45) is 0 Å². The van der Waals surface area contributed by atoms with Crippen LogP contribution in [0.2, 0.25) is 0 Å². The summed E-state index contributed by atoms with van der Waals surface area (Å²) >= 11 is 0. The first-order valence-corrected chi connectivity index (χ1v) is 6.60. The van der Waals surface area contributed by atoms with Gasteiger partial charge in [0.1, 0.15) is 6.04 Å². The van der Waals surface area contributed by atoms with Crippen LogP contribution in [-0.4, -0.2) is 45.4 Å². The number of carboxylic acids is 1. The lowest BCUT2D eigenvalue weighted by Gasteiger charge is -2.14.